The predicted octanol–water partition coefficient (Wildman–Crippen LogP) is 3.83. The fourth-order valence-corrected chi connectivity index (χ4v) is 2.64. The van der Waals surface area contributed by atoms with E-state index in [4.69, 9.17) is 0 Å². The number of aryl methyl sites for hydroxylation is 1. The van der Waals surface area contributed by atoms with Gasteiger partial charge in [-0.05, 0) is 30.5 Å². The van der Waals surface area contributed by atoms with Gasteiger partial charge in [0.25, 0.3) is 0 Å². The molecule has 5 heteroatoms. The summed E-state index contributed by atoms with van der Waals surface area (Å²) in [6.45, 7) is 1.97. The molecule has 3 rings (SSSR count). The van der Waals surface area contributed by atoms with Crippen molar-refractivity contribution in [3.05, 3.63) is 69.8 Å². The zero-order valence-corrected chi connectivity index (χ0v) is 14.1. The van der Waals surface area contributed by atoms with Crippen molar-refractivity contribution in [3.8, 4) is 23.1 Å². The third kappa shape index (κ3) is 4.17. The second kappa shape index (κ2) is 7.89. The summed E-state index contributed by atoms with van der Waals surface area (Å²) in [4.78, 5) is 8.75. The first-order valence-electron chi connectivity index (χ1n) is 6.85. The van der Waals surface area contributed by atoms with Crippen molar-refractivity contribution in [1.82, 2.24) is 9.97 Å². The molecule has 116 valence electrons. The zero-order chi connectivity index (χ0) is 15.4. The molecule has 3 aromatic rings. The van der Waals surface area contributed by atoms with Crippen LogP contribution in [0.2, 0.25) is 0 Å². The van der Waals surface area contributed by atoms with Crippen LogP contribution in [0.4, 0.5) is 0 Å². The summed E-state index contributed by atoms with van der Waals surface area (Å²) in [5, 5.41) is 12.3. The van der Waals surface area contributed by atoms with Crippen molar-refractivity contribution in [2.45, 2.75) is 13.5 Å². The Labute approximate surface area is 145 Å². The maximum Gasteiger partial charge on any atom is 0.124 e. The molecule has 0 amide bonds. The SMILES string of the molecule is Cc1nc(C#Cc2ccc(-c3ccccc3CO)nc2)cs1.Cl. The van der Waals surface area contributed by atoms with Crippen LogP contribution in [0, 0.1) is 18.8 Å². The number of pyridine rings is 1. The van der Waals surface area contributed by atoms with Gasteiger partial charge in [-0.25, -0.2) is 4.98 Å². The Balaban J connectivity index is 0.00000192. The maximum absolute atomic E-state index is 9.39. The normalized spacial score (nSPS) is 9.65. The average Bonchev–Trinajstić information content (AvgIpc) is 2.99. The quantitative estimate of drug-likeness (QED) is 0.720. The first-order chi connectivity index (χ1) is 10.8. The minimum absolute atomic E-state index is 0. The summed E-state index contributed by atoms with van der Waals surface area (Å²) < 4.78 is 0. The topological polar surface area (TPSA) is 46.0 Å². The molecule has 1 aromatic carbocycles. The summed E-state index contributed by atoms with van der Waals surface area (Å²) in [6.07, 6.45) is 1.75. The van der Waals surface area contributed by atoms with Crippen LogP contribution in [0.3, 0.4) is 0 Å². The molecule has 0 aliphatic heterocycles. The molecule has 0 spiro atoms. The number of aromatic nitrogens is 2. The van der Waals surface area contributed by atoms with E-state index in [1.807, 2.05) is 48.7 Å². The molecule has 2 aromatic heterocycles. The number of aliphatic hydroxyl groups excluding tert-OH is 1. The fraction of sp³-hybridized carbons (Fsp3) is 0.111. The lowest BCUT2D eigenvalue weighted by molar-refractivity contribution is 0.282. The molecule has 2 heterocycles. The van der Waals surface area contributed by atoms with E-state index in [1.54, 1.807) is 17.5 Å². The molecule has 0 radical (unpaired) electrons. The van der Waals surface area contributed by atoms with Gasteiger partial charge >= 0.3 is 0 Å². The highest BCUT2D eigenvalue weighted by Gasteiger charge is 2.04. The average molecular weight is 343 g/mol. The summed E-state index contributed by atoms with van der Waals surface area (Å²) in [6, 6.07) is 11.6. The Morgan fingerprint density at radius 1 is 1.13 bits per heavy atom. The van der Waals surface area contributed by atoms with E-state index in [0.717, 1.165) is 33.1 Å². The van der Waals surface area contributed by atoms with Crippen LogP contribution in [0.25, 0.3) is 11.3 Å². The summed E-state index contributed by atoms with van der Waals surface area (Å²) in [5.41, 5.74) is 4.28. The van der Waals surface area contributed by atoms with Gasteiger partial charge in [0.2, 0.25) is 0 Å². The number of hydrogen-bond donors (Lipinski definition) is 1. The van der Waals surface area contributed by atoms with Crippen molar-refractivity contribution in [1.29, 1.82) is 0 Å². The third-order valence-electron chi connectivity index (χ3n) is 3.18. The zero-order valence-electron chi connectivity index (χ0n) is 12.5. The number of benzene rings is 1. The second-order valence-corrected chi connectivity index (χ2v) is 5.81. The molecule has 0 saturated carbocycles. The molecular weight excluding hydrogens is 328 g/mol. The van der Waals surface area contributed by atoms with Gasteiger partial charge < -0.3 is 5.11 Å². The Bertz CT molecular complexity index is 847. The first-order valence-corrected chi connectivity index (χ1v) is 7.73. The molecule has 0 fully saturated rings. The molecule has 0 saturated heterocycles. The smallest absolute Gasteiger partial charge is 0.124 e. The summed E-state index contributed by atoms with van der Waals surface area (Å²) in [7, 11) is 0. The maximum atomic E-state index is 9.39. The minimum atomic E-state index is 0. The van der Waals surface area contributed by atoms with Crippen LogP contribution in [0.1, 0.15) is 21.8 Å². The van der Waals surface area contributed by atoms with Crippen LogP contribution < -0.4 is 0 Å². The molecule has 0 aliphatic rings. The summed E-state index contributed by atoms with van der Waals surface area (Å²) in [5.74, 6) is 6.10. The van der Waals surface area contributed by atoms with Gasteiger partial charge in [0.15, 0.2) is 0 Å². The van der Waals surface area contributed by atoms with Crippen molar-refractivity contribution >= 4 is 23.7 Å². The molecular formula is C18H15ClN2OS. The number of rotatable bonds is 2. The van der Waals surface area contributed by atoms with Gasteiger partial charge in [-0.2, -0.15) is 0 Å². The van der Waals surface area contributed by atoms with E-state index in [0.29, 0.717) is 0 Å². The first kappa shape index (κ1) is 17.2. The molecule has 0 bridgehead atoms. The van der Waals surface area contributed by atoms with Gasteiger partial charge in [-0.3, -0.25) is 4.98 Å². The number of aliphatic hydroxyl groups is 1. The number of nitrogens with zero attached hydrogens (tertiary/aromatic N) is 2. The van der Waals surface area contributed by atoms with Gasteiger partial charge in [0.05, 0.1) is 17.3 Å². The highest BCUT2D eigenvalue weighted by Crippen LogP contribution is 2.21. The Hall–Kier alpha value is -2.19. The van der Waals surface area contributed by atoms with Crippen molar-refractivity contribution in [3.63, 3.8) is 0 Å². The number of halogens is 1. The summed E-state index contributed by atoms with van der Waals surface area (Å²) >= 11 is 1.59. The standard InChI is InChI=1S/C18H14N2OS.ClH/c1-13-20-16(12-22-13)8-6-14-7-9-18(19-10-14)17-5-3-2-4-15(17)11-21;/h2-5,7,9-10,12,21H,11H2,1H3;1H. The van der Waals surface area contributed by atoms with E-state index in [9.17, 15) is 5.11 Å². The Morgan fingerprint density at radius 3 is 2.61 bits per heavy atom. The van der Waals surface area contributed by atoms with E-state index in [-0.39, 0.29) is 19.0 Å². The molecule has 0 aliphatic carbocycles. The van der Waals surface area contributed by atoms with Crippen molar-refractivity contribution < 1.29 is 5.11 Å². The van der Waals surface area contributed by atoms with Crippen LogP contribution in [-0.4, -0.2) is 15.1 Å². The second-order valence-electron chi connectivity index (χ2n) is 4.75. The van der Waals surface area contributed by atoms with Gasteiger partial charge in [0, 0.05) is 22.7 Å². The third-order valence-corrected chi connectivity index (χ3v) is 3.95. The molecule has 0 unspecified atom stereocenters. The molecule has 0 atom stereocenters. The van der Waals surface area contributed by atoms with Gasteiger partial charge in [0.1, 0.15) is 5.69 Å². The van der Waals surface area contributed by atoms with Gasteiger partial charge in [-0.15, -0.1) is 23.7 Å². The van der Waals surface area contributed by atoms with E-state index in [2.05, 4.69) is 21.8 Å². The lowest BCUT2D eigenvalue weighted by Crippen LogP contribution is -1.91. The van der Waals surface area contributed by atoms with Crippen LogP contribution in [0.5, 0.6) is 0 Å². The lowest BCUT2D eigenvalue weighted by Gasteiger charge is -2.06. The van der Waals surface area contributed by atoms with E-state index < -0.39 is 0 Å². The van der Waals surface area contributed by atoms with Crippen molar-refractivity contribution in [2.24, 2.45) is 0 Å². The molecule has 23 heavy (non-hydrogen) atoms. The van der Waals surface area contributed by atoms with E-state index >= 15 is 0 Å². The fourth-order valence-electron chi connectivity index (χ4n) is 2.09. The Morgan fingerprint density at radius 2 is 1.96 bits per heavy atom. The number of hydrogen-bond acceptors (Lipinski definition) is 4. The van der Waals surface area contributed by atoms with Crippen LogP contribution in [-0.2, 0) is 6.61 Å². The lowest BCUT2D eigenvalue weighted by atomic mass is 10.0. The minimum Gasteiger partial charge on any atom is -0.392 e. The highest BCUT2D eigenvalue weighted by atomic mass is 35.5. The monoisotopic (exact) mass is 342 g/mol. The predicted molar refractivity (Wildman–Crippen MR) is 95.7 cm³/mol. The molecule has 3 nitrogen and oxygen atoms in total. The van der Waals surface area contributed by atoms with Crippen LogP contribution in [0.15, 0.2) is 48.0 Å². The number of thiazole rings is 1. The van der Waals surface area contributed by atoms with Crippen molar-refractivity contribution in [2.75, 3.05) is 0 Å². The van der Waals surface area contributed by atoms with E-state index in [1.165, 1.54) is 0 Å². The van der Waals surface area contributed by atoms with Gasteiger partial charge in [-0.1, -0.05) is 30.2 Å². The molecule has 1 N–H and O–H groups in total. The largest absolute Gasteiger partial charge is 0.392 e. The Kier molecular flexibility index (Phi) is 5.89. The van der Waals surface area contributed by atoms with Crippen LogP contribution >= 0.6 is 23.7 Å². The highest BCUT2D eigenvalue weighted by molar-refractivity contribution is 7.09.